The van der Waals surface area contributed by atoms with Crippen molar-refractivity contribution in [3.05, 3.63) is 134 Å². The van der Waals surface area contributed by atoms with Gasteiger partial charge in [0.25, 0.3) is 0 Å². The van der Waals surface area contributed by atoms with Crippen molar-refractivity contribution >= 4 is 138 Å². The summed E-state index contributed by atoms with van der Waals surface area (Å²) in [6.07, 6.45) is 4.04. The van der Waals surface area contributed by atoms with Crippen molar-refractivity contribution in [1.82, 2.24) is 9.97 Å². The Morgan fingerprint density at radius 2 is 0.740 bits per heavy atom. The van der Waals surface area contributed by atoms with Crippen molar-refractivity contribution < 1.29 is 0 Å². The van der Waals surface area contributed by atoms with E-state index in [4.69, 9.17) is 9.97 Å². The molecule has 12 rings (SSSR count). The molecule has 0 saturated heterocycles. The molecule has 232 valence electrons. The zero-order valence-electron chi connectivity index (χ0n) is 26.2. The first-order valence-corrected chi connectivity index (χ1v) is 19.8. The smallest absolute Gasteiger partial charge is 0.0808 e. The second kappa shape index (κ2) is 10.2. The Bertz CT molecular complexity index is 3170. The zero-order chi connectivity index (χ0) is 32.5. The van der Waals surface area contributed by atoms with E-state index in [2.05, 4.69) is 121 Å². The van der Waals surface area contributed by atoms with E-state index in [1.807, 2.05) is 57.7 Å². The van der Waals surface area contributed by atoms with Crippen LogP contribution in [0.5, 0.6) is 0 Å². The van der Waals surface area contributed by atoms with E-state index in [0.717, 1.165) is 11.4 Å². The molecule has 0 atom stereocenters. The van der Waals surface area contributed by atoms with Crippen LogP contribution in [0.3, 0.4) is 0 Å². The summed E-state index contributed by atoms with van der Waals surface area (Å²) in [4.78, 5) is 12.2. The minimum atomic E-state index is 1.04. The molecule has 0 amide bonds. The van der Waals surface area contributed by atoms with E-state index >= 15 is 0 Å². The third-order valence-corrected chi connectivity index (χ3v) is 14.8. The maximum atomic E-state index is 4.90. The molecule has 0 N–H and O–H groups in total. The minimum absolute atomic E-state index is 1.04. The van der Waals surface area contributed by atoms with Gasteiger partial charge in [0.05, 0.1) is 30.5 Å². The maximum absolute atomic E-state index is 4.90. The van der Waals surface area contributed by atoms with Crippen molar-refractivity contribution in [3.8, 4) is 21.1 Å². The Labute approximate surface area is 301 Å². The Kier molecular flexibility index (Phi) is 5.60. The topological polar surface area (TPSA) is 25.8 Å². The first-order chi connectivity index (χ1) is 24.7. The molecular weight excluding hydrogens is 685 g/mol. The second-order valence-electron chi connectivity index (χ2n) is 13.1. The molecule has 2 nitrogen and oxygen atoms in total. The Morgan fingerprint density at radius 3 is 1.18 bits per heavy atom. The lowest BCUT2D eigenvalue weighted by Crippen LogP contribution is -1.82. The highest BCUT2D eigenvalue weighted by molar-refractivity contribution is 7.37. The van der Waals surface area contributed by atoms with Crippen LogP contribution in [0.25, 0.3) is 114 Å². The Balaban J connectivity index is 0.938. The summed E-state index contributed by atoms with van der Waals surface area (Å²) in [6.45, 7) is 0. The van der Waals surface area contributed by atoms with Gasteiger partial charge in [-0.05, 0) is 116 Å². The number of aromatic nitrogens is 2. The highest BCUT2D eigenvalue weighted by Gasteiger charge is 2.17. The number of fused-ring (bicyclic) bond motifs is 11. The van der Waals surface area contributed by atoms with E-state index in [1.165, 1.54) is 103 Å². The number of thiophene rings is 4. The van der Waals surface area contributed by atoms with Crippen LogP contribution in [0.2, 0.25) is 0 Å². The van der Waals surface area contributed by atoms with Crippen LogP contribution in [0, 0.1) is 0 Å². The number of benzene rings is 6. The van der Waals surface area contributed by atoms with Crippen LogP contribution >= 0.6 is 45.3 Å². The molecule has 0 saturated carbocycles. The van der Waals surface area contributed by atoms with Crippen molar-refractivity contribution in [2.24, 2.45) is 0 Å². The third-order valence-electron chi connectivity index (χ3n) is 10.0. The van der Waals surface area contributed by atoms with E-state index in [0.29, 0.717) is 0 Å². The van der Waals surface area contributed by atoms with Crippen molar-refractivity contribution in [1.29, 1.82) is 0 Å². The fraction of sp³-hybridized carbons (Fsp3) is 0. The molecule has 0 spiro atoms. The lowest BCUT2D eigenvalue weighted by molar-refractivity contribution is 1.38. The number of nitrogens with zero attached hydrogens (tertiary/aromatic N) is 2. The maximum Gasteiger partial charge on any atom is 0.0808 e. The summed E-state index contributed by atoms with van der Waals surface area (Å²) in [5, 5.41) is 15.1. The Hall–Kier alpha value is -5.24. The van der Waals surface area contributed by atoms with Gasteiger partial charge in [-0.1, -0.05) is 48.5 Å². The molecule has 6 heterocycles. The van der Waals surface area contributed by atoms with Gasteiger partial charge in [-0.3, -0.25) is 9.97 Å². The van der Waals surface area contributed by atoms with E-state index < -0.39 is 0 Å². The second-order valence-corrected chi connectivity index (χ2v) is 17.4. The lowest BCUT2D eigenvalue weighted by atomic mass is 10.0. The third kappa shape index (κ3) is 4.11. The van der Waals surface area contributed by atoms with Crippen LogP contribution in [-0.4, -0.2) is 9.97 Å². The van der Waals surface area contributed by atoms with Gasteiger partial charge in [0.15, 0.2) is 0 Å². The van der Waals surface area contributed by atoms with Gasteiger partial charge < -0.3 is 0 Å². The molecule has 50 heavy (non-hydrogen) atoms. The first kappa shape index (κ1) is 27.6. The fourth-order valence-corrected chi connectivity index (χ4v) is 12.3. The molecule has 0 fully saturated rings. The molecule has 0 aliphatic heterocycles. The van der Waals surface area contributed by atoms with Crippen LogP contribution in [0.15, 0.2) is 134 Å². The summed E-state index contributed by atoms with van der Waals surface area (Å²) >= 11 is 7.54. The van der Waals surface area contributed by atoms with E-state index in [-0.39, 0.29) is 0 Å². The van der Waals surface area contributed by atoms with Gasteiger partial charge in [0, 0.05) is 52.7 Å². The predicted octanol–water partition coefficient (Wildman–Crippen LogP) is 14.4. The predicted molar refractivity (Wildman–Crippen MR) is 222 cm³/mol. The summed E-state index contributed by atoms with van der Waals surface area (Å²) in [5.74, 6) is 0. The molecule has 6 aromatic heterocycles. The highest BCUT2D eigenvalue weighted by atomic mass is 32.1. The molecular formula is C44H22N2S4. The van der Waals surface area contributed by atoms with Gasteiger partial charge in [0.1, 0.15) is 0 Å². The van der Waals surface area contributed by atoms with Gasteiger partial charge in [0.2, 0.25) is 0 Å². The standard InChI is InChI=1S/C44H22N2S4/c1-3-7-25-11-31-21-45-35(13-27(31)9-23(25)5-1)41-17-29-15-39-33(19-37(29)47-41)43-44(49-39)34-20-38-30(16-40(34)50-43)18-42(48-38)36-14-28-10-24-6-2-4-8-26(24)12-32(28)22-46-36/h1-22H. The van der Waals surface area contributed by atoms with Gasteiger partial charge >= 0.3 is 0 Å². The molecule has 6 heteroatoms. The van der Waals surface area contributed by atoms with Crippen molar-refractivity contribution in [3.63, 3.8) is 0 Å². The Morgan fingerprint density at radius 1 is 0.320 bits per heavy atom. The van der Waals surface area contributed by atoms with Crippen LogP contribution in [0.4, 0.5) is 0 Å². The molecule has 0 radical (unpaired) electrons. The molecule has 0 aliphatic rings. The van der Waals surface area contributed by atoms with Gasteiger partial charge in [-0.2, -0.15) is 0 Å². The van der Waals surface area contributed by atoms with Crippen LogP contribution in [0.1, 0.15) is 0 Å². The quantitative estimate of drug-likeness (QED) is 0.167. The molecule has 0 bridgehead atoms. The number of pyridine rings is 2. The van der Waals surface area contributed by atoms with Crippen LogP contribution in [-0.2, 0) is 0 Å². The average molecular weight is 707 g/mol. The van der Waals surface area contributed by atoms with Crippen molar-refractivity contribution in [2.45, 2.75) is 0 Å². The largest absolute Gasteiger partial charge is 0.255 e. The number of hydrogen-bond donors (Lipinski definition) is 0. The number of rotatable bonds is 2. The van der Waals surface area contributed by atoms with E-state index in [9.17, 15) is 0 Å². The lowest BCUT2D eigenvalue weighted by Gasteiger charge is -2.04. The highest BCUT2D eigenvalue weighted by Crippen LogP contribution is 2.48. The molecule has 0 unspecified atom stereocenters. The van der Waals surface area contributed by atoms with Crippen LogP contribution < -0.4 is 0 Å². The summed E-state index contributed by atoms with van der Waals surface area (Å²) < 4.78 is 8.12. The summed E-state index contributed by atoms with van der Waals surface area (Å²) in [5.41, 5.74) is 2.08. The average Bonchev–Trinajstić information content (AvgIpc) is 3.92. The van der Waals surface area contributed by atoms with Crippen molar-refractivity contribution in [2.75, 3.05) is 0 Å². The van der Waals surface area contributed by atoms with Gasteiger partial charge in [-0.25, -0.2) is 0 Å². The molecule has 0 aliphatic carbocycles. The number of hydrogen-bond acceptors (Lipinski definition) is 6. The normalized spacial score (nSPS) is 12.4. The summed E-state index contributed by atoms with van der Waals surface area (Å²) in [7, 11) is 0. The van der Waals surface area contributed by atoms with E-state index in [1.54, 1.807) is 0 Å². The molecule has 12 aromatic rings. The molecule has 6 aromatic carbocycles. The minimum Gasteiger partial charge on any atom is -0.255 e. The summed E-state index contributed by atoms with van der Waals surface area (Å²) in [6, 6.07) is 44.9. The van der Waals surface area contributed by atoms with Gasteiger partial charge in [-0.15, -0.1) is 45.3 Å². The SMILES string of the molecule is c1ccc2cc3cc(-c4cc5cc6sc7c8cc9sc(-c%10cc%11cc%12ccccc%12cc%11cn%10)cc9cc8sc7c6cc5s4)ncc3cc2c1. The first-order valence-electron chi connectivity index (χ1n) is 16.5. The monoisotopic (exact) mass is 706 g/mol. The fourth-order valence-electron chi connectivity index (χ4n) is 7.52. The zero-order valence-corrected chi connectivity index (χ0v) is 29.5.